The second-order valence-electron chi connectivity index (χ2n) is 4.49. The third kappa shape index (κ3) is 13.6. The molecule has 1 N–H and O–H groups in total. The molecule has 0 fully saturated rings. The van der Waals surface area contributed by atoms with Crippen molar-refractivity contribution in [1.82, 2.24) is 0 Å². The Labute approximate surface area is 116 Å². The van der Waals surface area contributed by atoms with Crippen LogP contribution in [0.3, 0.4) is 0 Å². The van der Waals surface area contributed by atoms with Crippen LogP contribution in [0.2, 0.25) is 0 Å². The first-order chi connectivity index (χ1) is 9.20. The quantitative estimate of drug-likeness (QED) is 0.494. The molecule has 0 radical (unpaired) electrons. The van der Waals surface area contributed by atoms with Gasteiger partial charge >= 0.3 is 5.97 Å². The number of hydrogen-bond acceptors (Lipinski definition) is 4. The number of carbonyl (C=O) groups is 1. The van der Waals surface area contributed by atoms with Crippen LogP contribution in [-0.2, 0) is 19.0 Å². The second kappa shape index (κ2) is 13.8. The van der Waals surface area contributed by atoms with Gasteiger partial charge in [0.05, 0.1) is 32.3 Å². The molecule has 0 aliphatic heterocycles. The predicted molar refractivity (Wildman–Crippen MR) is 73.4 cm³/mol. The zero-order valence-electron chi connectivity index (χ0n) is 12.2. The molecule has 0 heterocycles. The lowest BCUT2D eigenvalue weighted by atomic mass is 10.2. The average molecular weight is 276 g/mol. The average Bonchev–Trinajstić information content (AvgIpc) is 2.37. The highest BCUT2D eigenvalue weighted by Gasteiger charge is 2.13. The first-order valence-electron chi connectivity index (χ1n) is 7.19. The van der Waals surface area contributed by atoms with Gasteiger partial charge in [-0.15, -0.1) is 0 Å². The van der Waals surface area contributed by atoms with Crippen LogP contribution in [0.4, 0.5) is 0 Å². The summed E-state index contributed by atoms with van der Waals surface area (Å²) in [4.78, 5) is 10.7. The summed E-state index contributed by atoms with van der Waals surface area (Å²) in [6.45, 7) is 6.87. The van der Waals surface area contributed by atoms with Crippen molar-refractivity contribution in [2.45, 2.75) is 52.1 Å². The smallest absolute Gasteiger partial charge is 0.306 e. The minimum absolute atomic E-state index is 0.0135. The van der Waals surface area contributed by atoms with E-state index in [1.807, 2.05) is 0 Å². The SMILES string of the molecule is CCCCOCCOCC(CC(=O)O)OCCCC. The Morgan fingerprint density at radius 1 is 1.00 bits per heavy atom. The molecular formula is C14H28O5. The molecule has 0 aromatic heterocycles. The molecule has 114 valence electrons. The molecule has 0 aliphatic rings. The fourth-order valence-corrected chi connectivity index (χ4v) is 1.44. The summed E-state index contributed by atoms with van der Waals surface area (Å²) in [5, 5.41) is 8.78. The van der Waals surface area contributed by atoms with Gasteiger partial charge in [0.1, 0.15) is 0 Å². The van der Waals surface area contributed by atoms with E-state index in [1.165, 1.54) is 0 Å². The van der Waals surface area contributed by atoms with Gasteiger partial charge in [0.15, 0.2) is 0 Å². The van der Waals surface area contributed by atoms with Crippen molar-refractivity contribution in [1.29, 1.82) is 0 Å². The lowest BCUT2D eigenvalue weighted by molar-refractivity contribution is -0.141. The van der Waals surface area contributed by atoms with Gasteiger partial charge in [0, 0.05) is 13.2 Å². The van der Waals surface area contributed by atoms with Crippen molar-refractivity contribution in [3.63, 3.8) is 0 Å². The maximum atomic E-state index is 10.7. The topological polar surface area (TPSA) is 65.0 Å². The van der Waals surface area contributed by atoms with Crippen molar-refractivity contribution in [2.24, 2.45) is 0 Å². The van der Waals surface area contributed by atoms with Crippen LogP contribution in [0.1, 0.15) is 46.0 Å². The van der Waals surface area contributed by atoms with Gasteiger partial charge in [0.2, 0.25) is 0 Å². The number of rotatable bonds is 14. The normalized spacial score (nSPS) is 12.5. The van der Waals surface area contributed by atoms with E-state index in [2.05, 4.69) is 13.8 Å². The van der Waals surface area contributed by atoms with E-state index in [0.717, 1.165) is 32.3 Å². The van der Waals surface area contributed by atoms with Gasteiger partial charge in [0.25, 0.3) is 0 Å². The molecule has 0 spiro atoms. The van der Waals surface area contributed by atoms with Crippen LogP contribution in [0.25, 0.3) is 0 Å². The number of hydrogen-bond donors (Lipinski definition) is 1. The highest BCUT2D eigenvalue weighted by molar-refractivity contribution is 5.67. The Kier molecular flexibility index (Phi) is 13.3. The molecule has 1 atom stereocenters. The predicted octanol–water partition coefficient (Wildman–Crippen LogP) is 2.48. The summed E-state index contributed by atoms with van der Waals surface area (Å²) in [6.07, 6.45) is 3.77. The standard InChI is InChI=1S/C14H28O5/c1-3-5-7-17-9-10-18-12-13(11-14(15)16)19-8-6-4-2/h13H,3-12H2,1-2H3,(H,15,16). The van der Waals surface area contributed by atoms with Crippen LogP contribution < -0.4 is 0 Å². The lowest BCUT2D eigenvalue weighted by Crippen LogP contribution is -2.25. The Balaban J connectivity index is 3.58. The number of carboxylic acid groups (broad SMARTS) is 1. The summed E-state index contributed by atoms with van der Waals surface area (Å²) in [7, 11) is 0. The van der Waals surface area contributed by atoms with Crippen molar-refractivity contribution >= 4 is 5.97 Å². The van der Waals surface area contributed by atoms with Gasteiger partial charge in [-0.2, -0.15) is 0 Å². The van der Waals surface area contributed by atoms with Gasteiger partial charge in [-0.25, -0.2) is 0 Å². The monoisotopic (exact) mass is 276 g/mol. The van der Waals surface area contributed by atoms with Crippen LogP contribution in [0, 0.1) is 0 Å². The van der Waals surface area contributed by atoms with E-state index in [9.17, 15) is 4.79 Å². The van der Waals surface area contributed by atoms with E-state index < -0.39 is 5.97 Å². The highest BCUT2D eigenvalue weighted by Crippen LogP contribution is 2.02. The molecule has 0 aromatic rings. The van der Waals surface area contributed by atoms with Gasteiger partial charge in [-0.05, 0) is 12.8 Å². The van der Waals surface area contributed by atoms with E-state index in [-0.39, 0.29) is 12.5 Å². The molecule has 0 bridgehead atoms. The van der Waals surface area contributed by atoms with E-state index >= 15 is 0 Å². The van der Waals surface area contributed by atoms with Crippen molar-refractivity contribution in [3.8, 4) is 0 Å². The highest BCUT2D eigenvalue weighted by atomic mass is 16.5. The number of unbranched alkanes of at least 4 members (excludes halogenated alkanes) is 2. The van der Waals surface area contributed by atoms with E-state index in [1.54, 1.807) is 0 Å². The largest absolute Gasteiger partial charge is 0.481 e. The van der Waals surface area contributed by atoms with Crippen LogP contribution >= 0.6 is 0 Å². The fraction of sp³-hybridized carbons (Fsp3) is 0.929. The Bertz CT molecular complexity index is 208. The van der Waals surface area contributed by atoms with Gasteiger partial charge < -0.3 is 19.3 Å². The summed E-state index contributed by atoms with van der Waals surface area (Å²) >= 11 is 0. The molecule has 0 aromatic carbocycles. The van der Waals surface area contributed by atoms with Crippen molar-refractivity contribution in [2.75, 3.05) is 33.0 Å². The minimum Gasteiger partial charge on any atom is -0.481 e. The Morgan fingerprint density at radius 3 is 2.26 bits per heavy atom. The summed E-state index contributed by atoms with van der Waals surface area (Å²) in [6, 6.07) is 0. The summed E-state index contributed by atoms with van der Waals surface area (Å²) < 4.78 is 16.2. The minimum atomic E-state index is -0.857. The third-order valence-corrected chi connectivity index (χ3v) is 2.57. The Hall–Kier alpha value is -0.650. The van der Waals surface area contributed by atoms with E-state index in [0.29, 0.717) is 26.4 Å². The maximum absolute atomic E-state index is 10.7. The molecule has 0 rings (SSSR count). The van der Waals surface area contributed by atoms with Crippen LogP contribution in [0.5, 0.6) is 0 Å². The molecule has 0 amide bonds. The molecule has 0 aliphatic carbocycles. The number of carboxylic acids is 1. The molecule has 5 nitrogen and oxygen atoms in total. The molecule has 5 heteroatoms. The van der Waals surface area contributed by atoms with Gasteiger partial charge in [-0.3, -0.25) is 4.79 Å². The molecular weight excluding hydrogens is 248 g/mol. The molecule has 0 saturated carbocycles. The van der Waals surface area contributed by atoms with E-state index in [4.69, 9.17) is 19.3 Å². The molecule has 19 heavy (non-hydrogen) atoms. The van der Waals surface area contributed by atoms with Crippen molar-refractivity contribution in [3.05, 3.63) is 0 Å². The molecule has 1 unspecified atom stereocenters. The number of aliphatic carboxylic acids is 1. The maximum Gasteiger partial charge on any atom is 0.306 e. The second-order valence-corrected chi connectivity index (χ2v) is 4.49. The Morgan fingerprint density at radius 2 is 1.63 bits per heavy atom. The fourth-order valence-electron chi connectivity index (χ4n) is 1.44. The molecule has 0 saturated heterocycles. The first kappa shape index (κ1) is 18.4. The van der Waals surface area contributed by atoms with Gasteiger partial charge in [-0.1, -0.05) is 26.7 Å². The third-order valence-electron chi connectivity index (χ3n) is 2.57. The van der Waals surface area contributed by atoms with Crippen LogP contribution in [0.15, 0.2) is 0 Å². The lowest BCUT2D eigenvalue weighted by Gasteiger charge is -2.16. The summed E-state index contributed by atoms with van der Waals surface area (Å²) in [5.74, 6) is -0.857. The first-order valence-corrected chi connectivity index (χ1v) is 7.19. The summed E-state index contributed by atoms with van der Waals surface area (Å²) in [5.41, 5.74) is 0. The zero-order valence-corrected chi connectivity index (χ0v) is 12.2. The zero-order chi connectivity index (χ0) is 14.3. The van der Waals surface area contributed by atoms with Crippen LogP contribution in [-0.4, -0.2) is 50.2 Å². The van der Waals surface area contributed by atoms with Crippen molar-refractivity contribution < 1.29 is 24.1 Å². The number of ether oxygens (including phenoxy) is 3.